The predicted molar refractivity (Wildman–Crippen MR) is 69.2 cm³/mol. The summed E-state index contributed by atoms with van der Waals surface area (Å²) in [7, 11) is 0. The second-order valence-electron chi connectivity index (χ2n) is 5.21. The fourth-order valence-corrected chi connectivity index (χ4v) is 2.10. The maximum atomic E-state index is 9.88. The third-order valence-corrected chi connectivity index (χ3v) is 3.25. The molecule has 4 nitrogen and oxygen atoms in total. The van der Waals surface area contributed by atoms with E-state index in [0.717, 1.165) is 31.0 Å². The summed E-state index contributed by atoms with van der Waals surface area (Å²) in [6.45, 7) is 8.72. The van der Waals surface area contributed by atoms with Gasteiger partial charge >= 0.3 is 0 Å². The van der Waals surface area contributed by atoms with Gasteiger partial charge in [0, 0.05) is 37.4 Å². The summed E-state index contributed by atoms with van der Waals surface area (Å²) >= 11 is 0. The van der Waals surface area contributed by atoms with Gasteiger partial charge in [-0.3, -0.25) is 0 Å². The summed E-state index contributed by atoms with van der Waals surface area (Å²) in [5.74, 6) is 0.993. The Labute approximate surface area is 103 Å². The molecule has 1 aliphatic heterocycles. The first-order chi connectivity index (χ1) is 7.98. The lowest BCUT2D eigenvalue weighted by molar-refractivity contribution is 0.0782. The van der Waals surface area contributed by atoms with Gasteiger partial charge in [0.2, 0.25) is 0 Å². The molecule has 1 unspecified atom stereocenters. The Balaban J connectivity index is 2.17. The van der Waals surface area contributed by atoms with Crippen LogP contribution >= 0.6 is 0 Å². The highest BCUT2D eigenvalue weighted by atomic mass is 16.3. The number of piperazine rings is 1. The maximum absolute atomic E-state index is 9.88. The SMILES string of the molecule is CC1CNCCN1c1ccc(C(C)(C)O)cn1. The van der Waals surface area contributed by atoms with E-state index in [1.54, 1.807) is 20.0 Å². The van der Waals surface area contributed by atoms with Crippen LogP contribution in [0, 0.1) is 0 Å². The molecule has 17 heavy (non-hydrogen) atoms. The maximum Gasteiger partial charge on any atom is 0.128 e. The Hall–Kier alpha value is -1.13. The fraction of sp³-hybridized carbons (Fsp3) is 0.615. The van der Waals surface area contributed by atoms with Crippen molar-refractivity contribution in [1.29, 1.82) is 0 Å². The first-order valence-corrected chi connectivity index (χ1v) is 6.15. The second kappa shape index (κ2) is 4.63. The lowest BCUT2D eigenvalue weighted by atomic mass is 10.0. The molecule has 0 aromatic carbocycles. The number of nitrogens with one attached hydrogen (secondary N) is 1. The molecular weight excluding hydrogens is 214 g/mol. The van der Waals surface area contributed by atoms with E-state index in [0.29, 0.717) is 6.04 Å². The van der Waals surface area contributed by atoms with E-state index in [-0.39, 0.29) is 0 Å². The molecule has 1 aromatic heterocycles. The van der Waals surface area contributed by atoms with E-state index < -0.39 is 5.60 Å². The Bertz CT molecular complexity index is 369. The Morgan fingerprint density at radius 3 is 2.76 bits per heavy atom. The molecule has 1 atom stereocenters. The van der Waals surface area contributed by atoms with Crippen LogP contribution in [0.5, 0.6) is 0 Å². The third-order valence-electron chi connectivity index (χ3n) is 3.25. The fourth-order valence-electron chi connectivity index (χ4n) is 2.10. The van der Waals surface area contributed by atoms with Crippen LogP contribution in [0.4, 0.5) is 5.82 Å². The van der Waals surface area contributed by atoms with Crippen molar-refractivity contribution in [1.82, 2.24) is 10.3 Å². The molecule has 0 amide bonds. The van der Waals surface area contributed by atoms with Gasteiger partial charge in [0.05, 0.1) is 5.60 Å². The van der Waals surface area contributed by atoms with Crippen LogP contribution in [0.1, 0.15) is 26.3 Å². The van der Waals surface area contributed by atoms with Crippen LogP contribution in [-0.4, -0.2) is 35.8 Å². The molecule has 0 bridgehead atoms. The third kappa shape index (κ3) is 2.76. The zero-order chi connectivity index (χ0) is 12.5. The van der Waals surface area contributed by atoms with Crippen molar-refractivity contribution in [3.63, 3.8) is 0 Å². The molecule has 1 aliphatic rings. The van der Waals surface area contributed by atoms with E-state index in [1.807, 2.05) is 12.1 Å². The van der Waals surface area contributed by atoms with Gasteiger partial charge in [-0.25, -0.2) is 4.98 Å². The normalized spacial score (nSPS) is 21.6. The molecule has 2 rings (SSSR count). The average Bonchev–Trinajstić information content (AvgIpc) is 2.29. The van der Waals surface area contributed by atoms with E-state index in [4.69, 9.17) is 0 Å². The topological polar surface area (TPSA) is 48.4 Å². The van der Waals surface area contributed by atoms with Gasteiger partial charge in [0.15, 0.2) is 0 Å². The first-order valence-electron chi connectivity index (χ1n) is 6.15. The van der Waals surface area contributed by atoms with Crippen LogP contribution < -0.4 is 10.2 Å². The van der Waals surface area contributed by atoms with Crippen molar-refractivity contribution in [2.45, 2.75) is 32.4 Å². The zero-order valence-corrected chi connectivity index (χ0v) is 10.8. The number of hydrogen-bond donors (Lipinski definition) is 2. The summed E-state index contributed by atoms with van der Waals surface area (Å²) in [4.78, 5) is 6.75. The van der Waals surface area contributed by atoms with Gasteiger partial charge in [-0.05, 0) is 26.8 Å². The molecule has 2 N–H and O–H groups in total. The monoisotopic (exact) mass is 235 g/mol. The van der Waals surface area contributed by atoms with Crippen molar-refractivity contribution in [3.05, 3.63) is 23.9 Å². The van der Waals surface area contributed by atoms with Crippen molar-refractivity contribution in [2.75, 3.05) is 24.5 Å². The Morgan fingerprint density at radius 1 is 1.47 bits per heavy atom. The van der Waals surface area contributed by atoms with Gasteiger partial charge < -0.3 is 15.3 Å². The van der Waals surface area contributed by atoms with Gasteiger partial charge in [0.1, 0.15) is 5.82 Å². The summed E-state index contributed by atoms with van der Waals surface area (Å²) in [6, 6.07) is 4.41. The number of hydrogen-bond acceptors (Lipinski definition) is 4. The van der Waals surface area contributed by atoms with Crippen LogP contribution in [-0.2, 0) is 5.60 Å². The number of nitrogens with zero attached hydrogens (tertiary/aromatic N) is 2. The largest absolute Gasteiger partial charge is 0.386 e. The molecule has 1 fully saturated rings. The Morgan fingerprint density at radius 2 is 2.24 bits per heavy atom. The lowest BCUT2D eigenvalue weighted by Gasteiger charge is -2.35. The number of rotatable bonds is 2. The number of aliphatic hydroxyl groups is 1. The summed E-state index contributed by atoms with van der Waals surface area (Å²) in [6.07, 6.45) is 1.77. The molecule has 0 aliphatic carbocycles. The van der Waals surface area contributed by atoms with Crippen LogP contribution in [0.25, 0.3) is 0 Å². The van der Waals surface area contributed by atoms with Gasteiger partial charge in [-0.1, -0.05) is 6.07 Å². The molecule has 1 saturated heterocycles. The van der Waals surface area contributed by atoms with Crippen molar-refractivity contribution in [2.24, 2.45) is 0 Å². The second-order valence-corrected chi connectivity index (χ2v) is 5.21. The highest BCUT2D eigenvalue weighted by Gasteiger charge is 2.21. The van der Waals surface area contributed by atoms with E-state index >= 15 is 0 Å². The van der Waals surface area contributed by atoms with Crippen molar-refractivity contribution >= 4 is 5.82 Å². The van der Waals surface area contributed by atoms with Crippen LogP contribution in [0.2, 0.25) is 0 Å². The number of anilines is 1. The molecule has 0 radical (unpaired) electrons. The summed E-state index contributed by atoms with van der Waals surface area (Å²) in [5, 5.41) is 13.2. The molecule has 1 aromatic rings. The predicted octanol–water partition coefficient (Wildman–Crippen LogP) is 1.11. The minimum atomic E-state index is -0.819. The highest BCUT2D eigenvalue weighted by molar-refractivity contribution is 5.42. The smallest absolute Gasteiger partial charge is 0.128 e. The minimum absolute atomic E-state index is 0.462. The Kier molecular flexibility index (Phi) is 3.35. The summed E-state index contributed by atoms with van der Waals surface area (Å²) < 4.78 is 0. The average molecular weight is 235 g/mol. The molecule has 94 valence electrons. The molecule has 0 spiro atoms. The molecule has 2 heterocycles. The van der Waals surface area contributed by atoms with E-state index in [9.17, 15) is 5.11 Å². The standard InChI is InChI=1S/C13H21N3O/c1-10-8-14-6-7-16(10)12-5-4-11(9-15-12)13(2,3)17/h4-5,9-10,14,17H,6-8H2,1-3H3. The number of pyridine rings is 1. The van der Waals surface area contributed by atoms with Gasteiger partial charge in [0.25, 0.3) is 0 Å². The van der Waals surface area contributed by atoms with Crippen molar-refractivity contribution in [3.8, 4) is 0 Å². The van der Waals surface area contributed by atoms with Crippen molar-refractivity contribution < 1.29 is 5.11 Å². The number of aromatic nitrogens is 1. The van der Waals surface area contributed by atoms with Gasteiger partial charge in [-0.2, -0.15) is 0 Å². The van der Waals surface area contributed by atoms with E-state index in [2.05, 4.69) is 22.1 Å². The van der Waals surface area contributed by atoms with Crippen LogP contribution in [0.15, 0.2) is 18.3 Å². The summed E-state index contributed by atoms with van der Waals surface area (Å²) in [5.41, 5.74) is 0.0321. The minimum Gasteiger partial charge on any atom is -0.386 e. The van der Waals surface area contributed by atoms with Crippen LogP contribution in [0.3, 0.4) is 0 Å². The highest BCUT2D eigenvalue weighted by Crippen LogP contribution is 2.22. The lowest BCUT2D eigenvalue weighted by Crippen LogP contribution is -2.50. The van der Waals surface area contributed by atoms with Gasteiger partial charge in [-0.15, -0.1) is 0 Å². The quantitative estimate of drug-likeness (QED) is 0.806. The first kappa shape index (κ1) is 12.3. The molecular formula is C13H21N3O. The van der Waals surface area contributed by atoms with E-state index in [1.165, 1.54) is 0 Å². The molecule has 4 heteroatoms. The zero-order valence-electron chi connectivity index (χ0n) is 10.8. The molecule has 0 saturated carbocycles.